The molecule has 0 aliphatic heterocycles. The number of hydrogen-bond acceptors (Lipinski definition) is 3. The van der Waals surface area contributed by atoms with Gasteiger partial charge in [0.1, 0.15) is 11.2 Å². The van der Waals surface area contributed by atoms with Crippen molar-refractivity contribution in [2.75, 3.05) is 0 Å². The first-order valence-electron chi connectivity index (χ1n) is 8.10. The van der Waals surface area contributed by atoms with E-state index >= 15 is 0 Å². The van der Waals surface area contributed by atoms with Gasteiger partial charge in [0.2, 0.25) is 5.78 Å². The fourth-order valence-electron chi connectivity index (χ4n) is 2.72. The molecule has 0 atom stereocenters. The molecule has 0 spiro atoms. The lowest BCUT2D eigenvalue weighted by atomic mass is 10.1. The molecule has 0 fully saturated rings. The maximum atomic E-state index is 13.2. The van der Waals surface area contributed by atoms with Crippen LogP contribution in [-0.2, 0) is 0 Å². The molecular formula is C21H14ClN3O. The van der Waals surface area contributed by atoms with E-state index in [1.54, 1.807) is 35.0 Å². The minimum Gasteiger partial charge on any atom is -0.287 e. The maximum Gasteiger partial charge on any atom is 0.211 e. The summed E-state index contributed by atoms with van der Waals surface area (Å²) in [7, 11) is 0. The molecule has 0 saturated carbocycles. The Morgan fingerprint density at radius 2 is 1.58 bits per heavy atom. The van der Waals surface area contributed by atoms with E-state index in [1.165, 1.54) is 0 Å². The van der Waals surface area contributed by atoms with E-state index in [4.69, 9.17) is 11.6 Å². The van der Waals surface area contributed by atoms with E-state index in [-0.39, 0.29) is 5.78 Å². The van der Waals surface area contributed by atoms with Crippen molar-refractivity contribution in [3.05, 3.63) is 95.0 Å². The second kappa shape index (κ2) is 6.94. The summed E-state index contributed by atoms with van der Waals surface area (Å²) in [4.78, 5) is 13.2. The summed E-state index contributed by atoms with van der Waals surface area (Å²) in [6, 6.07) is 24.0. The molecule has 0 aliphatic carbocycles. The molecule has 0 N–H and O–H groups in total. The molecule has 0 radical (unpaired) electrons. The molecule has 4 nitrogen and oxygen atoms in total. The zero-order chi connectivity index (χ0) is 17.9. The first-order chi connectivity index (χ1) is 12.7. The number of fused-ring (bicyclic) bond motifs is 1. The predicted molar refractivity (Wildman–Crippen MR) is 104 cm³/mol. The van der Waals surface area contributed by atoms with Gasteiger partial charge in [-0.3, -0.25) is 4.79 Å². The zero-order valence-electron chi connectivity index (χ0n) is 13.7. The van der Waals surface area contributed by atoms with Gasteiger partial charge in [-0.25, -0.2) is 4.68 Å². The number of aromatic nitrogens is 3. The van der Waals surface area contributed by atoms with E-state index < -0.39 is 0 Å². The second-order valence-corrected chi connectivity index (χ2v) is 6.20. The molecule has 4 aromatic rings. The van der Waals surface area contributed by atoms with Gasteiger partial charge in [0.15, 0.2) is 0 Å². The Morgan fingerprint density at radius 1 is 0.885 bits per heavy atom. The van der Waals surface area contributed by atoms with Gasteiger partial charge in [0.05, 0.1) is 5.52 Å². The van der Waals surface area contributed by atoms with Crippen LogP contribution in [0.2, 0.25) is 5.02 Å². The molecule has 0 saturated heterocycles. The minimum absolute atomic E-state index is 0.129. The first kappa shape index (κ1) is 16.2. The van der Waals surface area contributed by atoms with Crippen LogP contribution in [0.5, 0.6) is 0 Å². The highest BCUT2D eigenvalue weighted by atomic mass is 35.5. The lowest BCUT2D eigenvalue weighted by Crippen LogP contribution is -2.11. The summed E-state index contributed by atoms with van der Waals surface area (Å²) in [6.45, 7) is 0. The second-order valence-electron chi connectivity index (χ2n) is 5.77. The highest BCUT2D eigenvalue weighted by Crippen LogP contribution is 2.22. The molecule has 0 bridgehead atoms. The number of para-hydroxylation sites is 1. The standard InChI is InChI=1S/C21H14ClN3O/c22-17-12-10-15(11-13-17)14-20(21(26)16-6-2-1-3-7-16)25-19-9-5-4-8-18(19)23-24-25/h1-14H/b20-14-. The lowest BCUT2D eigenvalue weighted by molar-refractivity contribution is 0.105. The Bertz CT molecular complexity index is 1100. The molecule has 126 valence electrons. The summed E-state index contributed by atoms with van der Waals surface area (Å²) in [5.74, 6) is -0.129. The quantitative estimate of drug-likeness (QED) is 0.382. The number of ketones is 1. The fourth-order valence-corrected chi connectivity index (χ4v) is 2.85. The third-order valence-corrected chi connectivity index (χ3v) is 4.27. The molecule has 4 rings (SSSR count). The van der Waals surface area contributed by atoms with Crippen LogP contribution in [0.15, 0.2) is 78.9 Å². The maximum absolute atomic E-state index is 13.2. The molecule has 1 aromatic heterocycles. The van der Waals surface area contributed by atoms with Crippen molar-refractivity contribution in [1.29, 1.82) is 0 Å². The van der Waals surface area contributed by atoms with Crippen LogP contribution in [0.4, 0.5) is 0 Å². The third-order valence-electron chi connectivity index (χ3n) is 4.02. The van der Waals surface area contributed by atoms with Gasteiger partial charge >= 0.3 is 0 Å². The largest absolute Gasteiger partial charge is 0.287 e. The van der Waals surface area contributed by atoms with E-state index in [0.717, 1.165) is 16.6 Å². The summed E-state index contributed by atoms with van der Waals surface area (Å²) >= 11 is 5.97. The number of allylic oxidation sites excluding steroid dienone is 1. The van der Waals surface area contributed by atoms with Gasteiger partial charge in [0, 0.05) is 10.6 Å². The summed E-state index contributed by atoms with van der Waals surface area (Å²) in [5.41, 5.74) is 3.38. The van der Waals surface area contributed by atoms with Crippen molar-refractivity contribution in [3.8, 4) is 0 Å². The smallest absolute Gasteiger partial charge is 0.211 e. The number of benzene rings is 3. The van der Waals surface area contributed by atoms with Gasteiger partial charge < -0.3 is 0 Å². The number of carbonyl (C=O) groups is 1. The van der Waals surface area contributed by atoms with Crippen LogP contribution in [0.3, 0.4) is 0 Å². The third kappa shape index (κ3) is 3.15. The van der Waals surface area contributed by atoms with Crippen molar-refractivity contribution in [3.63, 3.8) is 0 Å². The Kier molecular flexibility index (Phi) is 4.33. The molecule has 5 heteroatoms. The topological polar surface area (TPSA) is 47.8 Å². The monoisotopic (exact) mass is 359 g/mol. The van der Waals surface area contributed by atoms with E-state index in [1.807, 2.05) is 54.6 Å². The summed E-state index contributed by atoms with van der Waals surface area (Å²) < 4.78 is 1.58. The number of nitrogens with zero attached hydrogens (tertiary/aromatic N) is 3. The number of carbonyl (C=O) groups excluding carboxylic acids is 1. The summed E-state index contributed by atoms with van der Waals surface area (Å²) in [5, 5.41) is 9.02. The van der Waals surface area contributed by atoms with Crippen LogP contribution < -0.4 is 0 Å². The van der Waals surface area contributed by atoms with Crippen molar-refractivity contribution in [2.24, 2.45) is 0 Å². The van der Waals surface area contributed by atoms with Gasteiger partial charge in [-0.15, -0.1) is 5.10 Å². The van der Waals surface area contributed by atoms with E-state index in [2.05, 4.69) is 10.3 Å². The van der Waals surface area contributed by atoms with Crippen LogP contribution in [0.25, 0.3) is 22.8 Å². The van der Waals surface area contributed by atoms with E-state index in [9.17, 15) is 4.79 Å². The highest BCUT2D eigenvalue weighted by molar-refractivity contribution is 6.31. The normalized spacial score (nSPS) is 11.7. The Hall–Kier alpha value is -3.24. The molecule has 1 heterocycles. The molecule has 0 amide bonds. The summed E-state index contributed by atoms with van der Waals surface area (Å²) in [6.07, 6.45) is 1.80. The average Bonchev–Trinajstić information content (AvgIpc) is 3.12. The molecule has 0 aliphatic rings. The van der Waals surface area contributed by atoms with Gasteiger partial charge in [-0.05, 0) is 35.9 Å². The van der Waals surface area contributed by atoms with Crippen LogP contribution in [0, 0.1) is 0 Å². The van der Waals surface area contributed by atoms with Crippen molar-refractivity contribution >= 4 is 40.2 Å². The number of rotatable bonds is 4. The van der Waals surface area contributed by atoms with Gasteiger partial charge in [0.25, 0.3) is 0 Å². The molecule has 0 unspecified atom stereocenters. The predicted octanol–water partition coefficient (Wildman–Crippen LogP) is 4.97. The first-order valence-corrected chi connectivity index (χ1v) is 8.48. The van der Waals surface area contributed by atoms with Crippen molar-refractivity contribution < 1.29 is 4.79 Å². The lowest BCUT2D eigenvalue weighted by Gasteiger charge is -2.08. The van der Waals surface area contributed by atoms with Crippen molar-refractivity contribution in [1.82, 2.24) is 15.0 Å². The number of Topliss-reactive ketones (excluding diaryl/α,β-unsaturated/α-hetero) is 1. The Balaban J connectivity index is 1.89. The van der Waals surface area contributed by atoms with Crippen molar-refractivity contribution in [2.45, 2.75) is 0 Å². The zero-order valence-corrected chi connectivity index (χ0v) is 14.5. The van der Waals surface area contributed by atoms with E-state index in [0.29, 0.717) is 16.3 Å². The Morgan fingerprint density at radius 3 is 2.35 bits per heavy atom. The highest BCUT2D eigenvalue weighted by Gasteiger charge is 2.18. The molecular weight excluding hydrogens is 346 g/mol. The van der Waals surface area contributed by atoms with Crippen LogP contribution in [-0.4, -0.2) is 20.8 Å². The average molecular weight is 360 g/mol. The van der Waals surface area contributed by atoms with Gasteiger partial charge in [-0.2, -0.15) is 0 Å². The molecule has 3 aromatic carbocycles. The van der Waals surface area contributed by atoms with Crippen LogP contribution >= 0.6 is 11.6 Å². The SMILES string of the molecule is O=C(/C(=C/c1ccc(Cl)cc1)n1nnc2ccccc21)c1ccccc1. The Labute approximate surface area is 155 Å². The fraction of sp³-hybridized carbons (Fsp3) is 0. The van der Waals surface area contributed by atoms with Crippen LogP contribution in [0.1, 0.15) is 15.9 Å². The minimum atomic E-state index is -0.129. The number of halogens is 1. The molecule has 26 heavy (non-hydrogen) atoms. The van der Waals surface area contributed by atoms with Gasteiger partial charge in [-0.1, -0.05) is 71.4 Å². The number of hydrogen-bond donors (Lipinski definition) is 0.